The van der Waals surface area contributed by atoms with Gasteiger partial charge in [0.05, 0.1) is 22.5 Å². The first-order valence-corrected chi connectivity index (χ1v) is 11.9. The summed E-state index contributed by atoms with van der Waals surface area (Å²) in [5.74, 6) is 1.86. The SMILES string of the molecule is O=C(c1cc(C2CC2)nc2ccccc12)N1CCN(Cc2noc(-c3cccs3)n2)CC1. The van der Waals surface area contributed by atoms with Crippen LogP contribution in [0, 0.1) is 0 Å². The summed E-state index contributed by atoms with van der Waals surface area (Å²) in [6, 6.07) is 13.9. The van der Waals surface area contributed by atoms with Crippen molar-refractivity contribution in [2.45, 2.75) is 25.3 Å². The van der Waals surface area contributed by atoms with Crippen molar-refractivity contribution in [2.24, 2.45) is 0 Å². The first kappa shape index (κ1) is 19.6. The van der Waals surface area contributed by atoms with Crippen molar-refractivity contribution in [1.82, 2.24) is 24.9 Å². The molecule has 2 fully saturated rings. The molecule has 7 nitrogen and oxygen atoms in total. The molecule has 0 unspecified atom stereocenters. The summed E-state index contributed by atoms with van der Waals surface area (Å²) < 4.78 is 5.40. The molecule has 6 rings (SSSR count). The van der Waals surface area contributed by atoms with Crippen LogP contribution >= 0.6 is 11.3 Å². The first-order chi connectivity index (χ1) is 15.7. The highest BCUT2D eigenvalue weighted by Gasteiger charge is 2.29. The van der Waals surface area contributed by atoms with Crippen molar-refractivity contribution in [2.75, 3.05) is 26.2 Å². The summed E-state index contributed by atoms with van der Waals surface area (Å²) in [5.41, 5.74) is 2.76. The summed E-state index contributed by atoms with van der Waals surface area (Å²) in [6.45, 7) is 3.56. The van der Waals surface area contributed by atoms with Gasteiger partial charge in [0.25, 0.3) is 11.8 Å². The van der Waals surface area contributed by atoms with Gasteiger partial charge >= 0.3 is 0 Å². The number of thiophene rings is 1. The molecule has 4 heterocycles. The van der Waals surface area contributed by atoms with E-state index in [1.807, 2.05) is 52.7 Å². The quantitative estimate of drug-likeness (QED) is 0.459. The van der Waals surface area contributed by atoms with E-state index in [-0.39, 0.29) is 5.91 Å². The smallest absolute Gasteiger partial charge is 0.268 e. The molecular formula is C24H23N5O2S. The molecule has 1 saturated heterocycles. The van der Waals surface area contributed by atoms with Crippen LogP contribution in [0.15, 0.2) is 52.4 Å². The van der Waals surface area contributed by atoms with Gasteiger partial charge in [0.2, 0.25) is 0 Å². The van der Waals surface area contributed by atoms with Gasteiger partial charge < -0.3 is 9.42 Å². The highest BCUT2D eigenvalue weighted by Crippen LogP contribution is 2.40. The highest BCUT2D eigenvalue weighted by molar-refractivity contribution is 7.13. The van der Waals surface area contributed by atoms with Crippen molar-refractivity contribution in [1.29, 1.82) is 0 Å². The average Bonchev–Trinajstić information content (AvgIpc) is 3.33. The zero-order valence-corrected chi connectivity index (χ0v) is 18.4. The molecule has 1 saturated carbocycles. The summed E-state index contributed by atoms with van der Waals surface area (Å²) in [6.07, 6.45) is 2.34. The third kappa shape index (κ3) is 3.80. The van der Waals surface area contributed by atoms with Crippen molar-refractivity contribution >= 4 is 28.1 Å². The molecule has 0 spiro atoms. The van der Waals surface area contributed by atoms with E-state index in [4.69, 9.17) is 9.51 Å². The largest absolute Gasteiger partial charge is 0.336 e. The monoisotopic (exact) mass is 445 g/mol. The zero-order chi connectivity index (χ0) is 21.5. The molecule has 8 heteroatoms. The van der Waals surface area contributed by atoms with Crippen LogP contribution in [-0.2, 0) is 6.54 Å². The van der Waals surface area contributed by atoms with Gasteiger partial charge in [0.1, 0.15) is 0 Å². The number of carbonyl (C=O) groups excluding carboxylic acids is 1. The first-order valence-electron chi connectivity index (χ1n) is 11.0. The van der Waals surface area contributed by atoms with E-state index in [1.165, 1.54) is 12.8 Å². The van der Waals surface area contributed by atoms with Crippen molar-refractivity contribution in [3.63, 3.8) is 0 Å². The summed E-state index contributed by atoms with van der Waals surface area (Å²) in [4.78, 5) is 28.0. The number of piperazine rings is 1. The van der Waals surface area contributed by atoms with Crippen molar-refractivity contribution < 1.29 is 9.32 Å². The molecule has 4 aromatic rings. The fourth-order valence-electron chi connectivity index (χ4n) is 4.26. The maximum atomic E-state index is 13.4. The molecule has 1 amide bonds. The van der Waals surface area contributed by atoms with Crippen LogP contribution in [0.4, 0.5) is 0 Å². The Bertz CT molecular complexity index is 1260. The fourth-order valence-corrected chi connectivity index (χ4v) is 4.90. The molecule has 162 valence electrons. The van der Waals surface area contributed by atoms with E-state index >= 15 is 0 Å². The van der Waals surface area contributed by atoms with Crippen LogP contribution in [-0.4, -0.2) is 57.0 Å². The fraction of sp³-hybridized carbons (Fsp3) is 0.333. The van der Waals surface area contributed by atoms with Crippen LogP contribution in [0.2, 0.25) is 0 Å². The number of carbonyl (C=O) groups is 1. The van der Waals surface area contributed by atoms with Crippen LogP contribution in [0.3, 0.4) is 0 Å². The highest BCUT2D eigenvalue weighted by atomic mass is 32.1. The summed E-state index contributed by atoms with van der Waals surface area (Å²) in [7, 11) is 0. The lowest BCUT2D eigenvalue weighted by atomic mass is 10.0. The van der Waals surface area contributed by atoms with Crippen molar-refractivity contribution in [3.8, 4) is 10.8 Å². The number of fused-ring (bicyclic) bond motifs is 1. The minimum atomic E-state index is 0.102. The Morgan fingerprint density at radius 3 is 2.69 bits per heavy atom. The molecular weight excluding hydrogens is 422 g/mol. The maximum Gasteiger partial charge on any atom is 0.268 e. The Morgan fingerprint density at radius 2 is 1.91 bits per heavy atom. The van der Waals surface area contributed by atoms with E-state index in [9.17, 15) is 4.79 Å². The average molecular weight is 446 g/mol. The van der Waals surface area contributed by atoms with E-state index in [2.05, 4.69) is 15.0 Å². The van der Waals surface area contributed by atoms with Crippen LogP contribution in [0.1, 0.15) is 40.6 Å². The predicted molar refractivity (Wildman–Crippen MR) is 123 cm³/mol. The minimum Gasteiger partial charge on any atom is -0.336 e. The number of nitrogens with zero attached hydrogens (tertiary/aromatic N) is 5. The topological polar surface area (TPSA) is 75.4 Å². The Morgan fingerprint density at radius 1 is 1.06 bits per heavy atom. The molecule has 1 aliphatic carbocycles. The third-order valence-corrected chi connectivity index (χ3v) is 7.04. The lowest BCUT2D eigenvalue weighted by molar-refractivity contribution is 0.0626. The second-order valence-electron chi connectivity index (χ2n) is 8.45. The molecule has 0 radical (unpaired) electrons. The van der Waals surface area contributed by atoms with E-state index in [0.717, 1.165) is 40.1 Å². The summed E-state index contributed by atoms with van der Waals surface area (Å²) in [5, 5.41) is 7.06. The van der Waals surface area contributed by atoms with E-state index in [0.29, 0.717) is 37.3 Å². The second kappa shape index (κ2) is 8.11. The zero-order valence-electron chi connectivity index (χ0n) is 17.6. The van der Waals surface area contributed by atoms with Gasteiger partial charge in [0, 0.05) is 43.2 Å². The molecule has 3 aromatic heterocycles. The molecule has 1 aliphatic heterocycles. The van der Waals surface area contributed by atoms with Crippen LogP contribution in [0.25, 0.3) is 21.7 Å². The number of benzene rings is 1. The number of amides is 1. The molecule has 0 N–H and O–H groups in total. The Hall–Kier alpha value is -3.10. The molecule has 2 aliphatic rings. The summed E-state index contributed by atoms with van der Waals surface area (Å²) >= 11 is 1.59. The Balaban J connectivity index is 1.14. The molecule has 1 aromatic carbocycles. The lowest BCUT2D eigenvalue weighted by Gasteiger charge is -2.34. The Labute approximate surface area is 189 Å². The van der Waals surface area contributed by atoms with Crippen LogP contribution < -0.4 is 0 Å². The number of pyridine rings is 1. The normalized spacial score (nSPS) is 17.2. The number of hydrogen-bond donors (Lipinski definition) is 0. The number of aromatic nitrogens is 3. The van der Waals surface area contributed by atoms with Gasteiger partial charge in [-0.3, -0.25) is 14.7 Å². The number of hydrogen-bond acceptors (Lipinski definition) is 7. The second-order valence-corrected chi connectivity index (χ2v) is 9.40. The predicted octanol–water partition coefficient (Wildman–Crippen LogP) is 4.18. The van der Waals surface area contributed by atoms with E-state index in [1.54, 1.807) is 11.3 Å². The van der Waals surface area contributed by atoms with Gasteiger partial charge in [-0.15, -0.1) is 11.3 Å². The van der Waals surface area contributed by atoms with Gasteiger partial charge in [-0.05, 0) is 36.4 Å². The molecule has 0 bridgehead atoms. The molecule has 0 atom stereocenters. The molecule has 32 heavy (non-hydrogen) atoms. The van der Waals surface area contributed by atoms with Crippen LogP contribution in [0.5, 0.6) is 0 Å². The van der Waals surface area contributed by atoms with Gasteiger partial charge in [-0.2, -0.15) is 4.98 Å². The van der Waals surface area contributed by atoms with Gasteiger partial charge in [-0.1, -0.05) is 29.4 Å². The maximum absolute atomic E-state index is 13.4. The lowest BCUT2D eigenvalue weighted by Crippen LogP contribution is -2.48. The van der Waals surface area contributed by atoms with Crippen molar-refractivity contribution in [3.05, 3.63) is 64.9 Å². The Kier molecular flexibility index (Phi) is 4.96. The minimum absolute atomic E-state index is 0.102. The van der Waals surface area contributed by atoms with Gasteiger partial charge in [-0.25, -0.2) is 0 Å². The standard InChI is InChI=1S/C24H23N5O2S/c30-24(18-14-20(16-7-8-16)25-19-5-2-1-4-17(18)19)29-11-9-28(10-12-29)15-22-26-23(31-27-22)21-6-3-13-32-21/h1-6,13-14,16H,7-12,15H2. The third-order valence-electron chi connectivity index (χ3n) is 6.19. The number of rotatable bonds is 5. The van der Waals surface area contributed by atoms with Gasteiger partial charge in [0.15, 0.2) is 5.82 Å². The number of para-hydroxylation sites is 1. The van der Waals surface area contributed by atoms with E-state index < -0.39 is 0 Å².